The van der Waals surface area contributed by atoms with Gasteiger partial charge in [0.15, 0.2) is 0 Å². The zero-order valence-corrected chi connectivity index (χ0v) is 17.2. The number of aryl methyl sites for hydroxylation is 1. The van der Waals surface area contributed by atoms with Crippen molar-refractivity contribution in [2.45, 2.75) is 52.7 Å². The van der Waals surface area contributed by atoms with E-state index in [0.29, 0.717) is 5.56 Å². The molecule has 0 aromatic heterocycles. The highest BCUT2D eigenvalue weighted by Crippen LogP contribution is 2.21. The molecule has 1 atom stereocenters. The highest BCUT2D eigenvalue weighted by molar-refractivity contribution is 5.88. The molecule has 154 valence electrons. The third-order valence-corrected chi connectivity index (χ3v) is 4.73. The van der Waals surface area contributed by atoms with Gasteiger partial charge in [0.25, 0.3) is 5.69 Å². The van der Waals surface area contributed by atoms with Crippen LogP contribution in [0.3, 0.4) is 0 Å². The molecular weight excluding hydrogens is 370 g/mol. The summed E-state index contributed by atoms with van der Waals surface area (Å²) >= 11 is 0. The second kappa shape index (κ2) is 9.82. The fourth-order valence-corrected chi connectivity index (χ4v) is 3.06. The molecule has 0 aliphatic carbocycles. The summed E-state index contributed by atoms with van der Waals surface area (Å²) in [7, 11) is 0. The number of rotatable bonds is 8. The van der Waals surface area contributed by atoms with Crippen molar-refractivity contribution in [1.82, 2.24) is 10.2 Å². The van der Waals surface area contributed by atoms with Gasteiger partial charge >= 0.3 is 0 Å². The molecule has 2 amide bonds. The number of benzene rings is 2. The zero-order chi connectivity index (χ0) is 21.6. The predicted octanol–water partition coefficient (Wildman–Crippen LogP) is 3.39. The highest BCUT2D eigenvalue weighted by Gasteiger charge is 2.28. The first-order chi connectivity index (χ1) is 13.7. The molecule has 7 nitrogen and oxygen atoms in total. The number of carbonyl (C=O) groups is 2. The van der Waals surface area contributed by atoms with Crippen molar-refractivity contribution in [3.63, 3.8) is 0 Å². The molecule has 0 heterocycles. The van der Waals surface area contributed by atoms with Crippen molar-refractivity contribution in [2.75, 3.05) is 0 Å². The molecule has 2 rings (SSSR count). The van der Waals surface area contributed by atoms with Crippen LogP contribution in [0.2, 0.25) is 0 Å². The molecule has 0 aliphatic rings. The van der Waals surface area contributed by atoms with E-state index in [1.54, 1.807) is 25.1 Å². The normalized spacial score (nSPS) is 11.8. The van der Waals surface area contributed by atoms with Gasteiger partial charge < -0.3 is 10.2 Å². The zero-order valence-electron chi connectivity index (χ0n) is 17.2. The number of nitro groups is 1. The molecule has 0 unspecified atom stereocenters. The third-order valence-electron chi connectivity index (χ3n) is 4.73. The first kappa shape index (κ1) is 22.1. The summed E-state index contributed by atoms with van der Waals surface area (Å²) < 4.78 is 0. The van der Waals surface area contributed by atoms with Crippen LogP contribution in [0.1, 0.15) is 37.5 Å². The van der Waals surface area contributed by atoms with Crippen LogP contribution in [0.25, 0.3) is 0 Å². The molecule has 29 heavy (non-hydrogen) atoms. The quantitative estimate of drug-likeness (QED) is 0.546. The summed E-state index contributed by atoms with van der Waals surface area (Å²) in [6.45, 7) is 7.57. The predicted molar refractivity (Wildman–Crippen MR) is 111 cm³/mol. The van der Waals surface area contributed by atoms with Crippen LogP contribution >= 0.6 is 0 Å². The highest BCUT2D eigenvalue weighted by atomic mass is 16.6. The Balaban J connectivity index is 2.33. The van der Waals surface area contributed by atoms with E-state index in [1.165, 1.54) is 11.0 Å². The second-order valence-electron chi connectivity index (χ2n) is 7.35. The topological polar surface area (TPSA) is 92.6 Å². The Bertz CT molecular complexity index is 895. The molecule has 0 fully saturated rings. The van der Waals surface area contributed by atoms with Gasteiger partial charge in [0, 0.05) is 24.2 Å². The molecule has 7 heteroatoms. The van der Waals surface area contributed by atoms with Crippen LogP contribution in [0.5, 0.6) is 0 Å². The van der Waals surface area contributed by atoms with E-state index >= 15 is 0 Å². The van der Waals surface area contributed by atoms with Gasteiger partial charge in [-0.1, -0.05) is 42.5 Å². The third kappa shape index (κ3) is 5.88. The average molecular weight is 397 g/mol. The van der Waals surface area contributed by atoms with Gasteiger partial charge in [0.2, 0.25) is 11.8 Å². The van der Waals surface area contributed by atoms with Crippen LogP contribution in [0, 0.1) is 17.0 Å². The number of para-hydroxylation sites is 1. The summed E-state index contributed by atoms with van der Waals surface area (Å²) in [6, 6.07) is 13.0. The minimum absolute atomic E-state index is 0.0597. The van der Waals surface area contributed by atoms with Crippen molar-refractivity contribution in [2.24, 2.45) is 0 Å². The average Bonchev–Trinajstić information content (AvgIpc) is 2.66. The fourth-order valence-electron chi connectivity index (χ4n) is 3.06. The molecule has 0 radical (unpaired) electrons. The number of hydrogen-bond donors (Lipinski definition) is 1. The maximum Gasteiger partial charge on any atom is 0.273 e. The Morgan fingerprint density at radius 1 is 1.03 bits per heavy atom. The van der Waals surface area contributed by atoms with E-state index in [1.807, 2.05) is 45.0 Å². The molecule has 0 aliphatic heterocycles. The molecule has 2 aromatic carbocycles. The lowest BCUT2D eigenvalue weighted by molar-refractivity contribution is -0.385. The Morgan fingerprint density at radius 3 is 2.21 bits per heavy atom. The number of nitrogens with one attached hydrogen (secondary N) is 1. The monoisotopic (exact) mass is 397 g/mol. The van der Waals surface area contributed by atoms with Crippen LogP contribution < -0.4 is 5.32 Å². The van der Waals surface area contributed by atoms with Gasteiger partial charge in [-0.25, -0.2) is 0 Å². The van der Waals surface area contributed by atoms with Crippen LogP contribution in [-0.2, 0) is 22.6 Å². The number of hydrogen-bond acceptors (Lipinski definition) is 4. The van der Waals surface area contributed by atoms with Gasteiger partial charge in [0.05, 0.1) is 11.3 Å². The number of amides is 2. The van der Waals surface area contributed by atoms with Crippen LogP contribution in [0.4, 0.5) is 5.69 Å². The summed E-state index contributed by atoms with van der Waals surface area (Å²) in [5.74, 6) is -0.599. The maximum absolute atomic E-state index is 13.2. The number of nitro benzene ring substituents is 1. The summed E-state index contributed by atoms with van der Waals surface area (Å²) in [5.41, 5.74) is 2.16. The first-order valence-corrected chi connectivity index (χ1v) is 9.57. The van der Waals surface area contributed by atoms with Crippen LogP contribution in [0.15, 0.2) is 48.5 Å². The lowest BCUT2D eigenvalue weighted by Crippen LogP contribution is -2.49. The minimum atomic E-state index is -0.715. The van der Waals surface area contributed by atoms with Crippen molar-refractivity contribution in [3.8, 4) is 0 Å². The first-order valence-electron chi connectivity index (χ1n) is 9.57. The van der Waals surface area contributed by atoms with Gasteiger partial charge in [-0.05, 0) is 38.8 Å². The van der Waals surface area contributed by atoms with Crippen molar-refractivity contribution in [1.29, 1.82) is 0 Å². The fraction of sp³-hybridized carbons (Fsp3) is 0.364. The molecule has 1 N–H and O–H groups in total. The van der Waals surface area contributed by atoms with E-state index in [4.69, 9.17) is 0 Å². The van der Waals surface area contributed by atoms with E-state index in [0.717, 1.165) is 11.1 Å². The number of carbonyl (C=O) groups excluding carboxylic acids is 2. The van der Waals surface area contributed by atoms with Crippen molar-refractivity contribution in [3.05, 3.63) is 75.3 Å². The Labute approximate surface area is 170 Å². The molecular formula is C22H27N3O4. The van der Waals surface area contributed by atoms with E-state index in [-0.39, 0.29) is 36.5 Å². The van der Waals surface area contributed by atoms with E-state index in [9.17, 15) is 19.7 Å². The Hall–Kier alpha value is -3.22. The molecule has 2 aromatic rings. The van der Waals surface area contributed by atoms with Crippen molar-refractivity contribution >= 4 is 17.5 Å². The SMILES string of the molecule is Cc1ccccc1CN(C(=O)Cc1ccccc1[N+](=O)[O-])[C@@H](C)C(=O)NC(C)C. The summed E-state index contributed by atoms with van der Waals surface area (Å²) in [5, 5.41) is 14.1. The lowest BCUT2D eigenvalue weighted by Gasteiger charge is -2.30. The van der Waals surface area contributed by atoms with Gasteiger partial charge in [0.1, 0.15) is 6.04 Å². The standard InChI is InChI=1S/C22H27N3O4/c1-15(2)23-22(27)17(4)24(14-19-11-6-5-9-16(19)3)21(26)13-18-10-7-8-12-20(18)25(28)29/h5-12,15,17H,13-14H2,1-4H3,(H,23,27)/t17-/m0/s1. The van der Waals surface area contributed by atoms with Gasteiger partial charge in [-0.3, -0.25) is 19.7 Å². The Morgan fingerprint density at radius 2 is 1.62 bits per heavy atom. The maximum atomic E-state index is 13.2. The number of nitrogens with zero attached hydrogens (tertiary/aromatic N) is 2. The summed E-state index contributed by atoms with van der Waals surface area (Å²) in [4.78, 5) is 38.0. The minimum Gasteiger partial charge on any atom is -0.352 e. The molecule has 0 saturated carbocycles. The van der Waals surface area contributed by atoms with E-state index in [2.05, 4.69) is 5.32 Å². The van der Waals surface area contributed by atoms with Gasteiger partial charge in [-0.2, -0.15) is 0 Å². The molecule has 0 saturated heterocycles. The van der Waals surface area contributed by atoms with Crippen molar-refractivity contribution < 1.29 is 14.5 Å². The second-order valence-corrected chi connectivity index (χ2v) is 7.35. The molecule has 0 bridgehead atoms. The summed E-state index contributed by atoms with van der Waals surface area (Å²) in [6.07, 6.45) is -0.150. The van der Waals surface area contributed by atoms with Crippen LogP contribution in [-0.4, -0.2) is 33.7 Å². The smallest absolute Gasteiger partial charge is 0.273 e. The van der Waals surface area contributed by atoms with E-state index < -0.39 is 11.0 Å². The van der Waals surface area contributed by atoms with Gasteiger partial charge in [-0.15, -0.1) is 0 Å². The Kier molecular flexibility index (Phi) is 7.47. The molecule has 0 spiro atoms. The largest absolute Gasteiger partial charge is 0.352 e. The lowest BCUT2D eigenvalue weighted by atomic mass is 10.0.